The maximum atomic E-state index is 13.1. The summed E-state index contributed by atoms with van der Waals surface area (Å²) in [7, 11) is 0. The fourth-order valence-electron chi connectivity index (χ4n) is 4.08. The van der Waals surface area contributed by atoms with E-state index in [1.54, 1.807) is 11.8 Å². The highest BCUT2D eigenvalue weighted by Gasteiger charge is 2.30. The molecule has 0 bridgehead atoms. The number of carbonyl (C=O) groups is 2. The number of nitrogens with zero attached hydrogens (tertiary/aromatic N) is 3. The van der Waals surface area contributed by atoms with Crippen molar-refractivity contribution in [2.75, 3.05) is 18.4 Å². The van der Waals surface area contributed by atoms with E-state index >= 15 is 0 Å². The number of amides is 2. The summed E-state index contributed by atoms with van der Waals surface area (Å²) in [5.41, 5.74) is -0.621. The molecule has 7 nitrogen and oxygen atoms in total. The first-order valence-electron chi connectivity index (χ1n) is 10.8. The molecule has 1 atom stereocenters. The number of anilines is 1. The first-order valence-corrected chi connectivity index (χ1v) is 11.6. The zero-order valence-electron chi connectivity index (χ0n) is 18.6. The molecule has 1 aliphatic heterocycles. The lowest BCUT2D eigenvalue weighted by Crippen LogP contribution is -2.42. The van der Waals surface area contributed by atoms with Crippen molar-refractivity contribution in [3.05, 3.63) is 57.0 Å². The van der Waals surface area contributed by atoms with Crippen molar-refractivity contribution in [3.63, 3.8) is 0 Å². The summed E-state index contributed by atoms with van der Waals surface area (Å²) in [5, 5.41) is 2.81. The number of rotatable bonds is 4. The number of fused-ring (bicyclic) bond motifs is 1. The van der Waals surface area contributed by atoms with Gasteiger partial charge in [-0.1, -0.05) is 6.92 Å². The summed E-state index contributed by atoms with van der Waals surface area (Å²) in [6.45, 7) is 4.90. The summed E-state index contributed by atoms with van der Waals surface area (Å²) >= 11 is 1.02. The van der Waals surface area contributed by atoms with Crippen molar-refractivity contribution in [1.82, 2.24) is 14.5 Å². The number of halogens is 3. The fraction of sp³-hybridized carbons (Fsp3) is 0.391. The molecule has 0 unspecified atom stereocenters. The zero-order valence-corrected chi connectivity index (χ0v) is 19.4. The highest BCUT2D eigenvalue weighted by atomic mass is 32.1. The van der Waals surface area contributed by atoms with Gasteiger partial charge in [0.25, 0.3) is 11.5 Å². The van der Waals surface area contributed by atoms with Crippen molar-refractivity contribution in [3.8, 4) is 0 Å². The van der Waals surface area contributed by atoms with Crippen LogP contribution in [0.3, 0.4) is 0 Å². The normalized spacial score (nSPS) is 16.6. The third-order valence-electron chi connectivity index (χ3n) is 5.91. The van der Waals surface area contributed by atoms with Gasteiger partial charge >= 0.3 is 6.18 Å². The van der Waals surface area contributed by atoms with Gasteiger partial charge in [-0.15, -0.1) is 11.3 Å². The van der Waals surface area contributed by atoms with Crippen molar-refractivity contribution in [2.24, 2.45) is 5.92 Å². The van der Waals surface area contributed by atoms with Gasteiger partial charge in [-0.2, -0.15) is 13.2 Å². The first kappa shape index (κ1) is 23.9. The lowest BCUT2D eigenvalue weighted by atomic mass is 10.0. The second-order valence-electron chi connectivity index (χ2n) is 8.53. The highest BCUT2D eigenvalue weighted by molar-refractivity contribution is 7.20. The molecule has 2 aromatic heterocycles. The molecule has 1 fully saturated rings. The molecule has 3 heterocycles. The summed E-state index contributed by atoms with van der Waals surface area (Å²) in [4.78, 5) is 45.2. The van der Waals surface area contributed by atoms with E-state index in [2.05, 4.69) is 17.2 Å². The van der Waals surface area contributed by atoms with Gasteiger partial charge in [0.05, 0.1) is 22.2 Å². The number of carbonyl (C=O) groups excluding carboxylic acids is 2. The number of nitrogens with one attached hydrogen (secondary N) is 1. The van der Waals surface area contributed by atoms with E-state index in [4.69, 9.17) is 0 Å². The monoisotopic (exact) mass is 492 g/mol. The van der Waals surface area contributed by atoms with Crippen LogP contribution >= 0.6 is 11.3 Å². The van der Waals surface area contributed by atoms with Gasteiger partial charge in [0.15, 0.2) is 0 Å². The predicted molar refractivity (Wildman–Crippen MR) is 123 cm³/mol. The van der Waals surface area contributed by atoms with Crippen molar-refractivity contribution in [1.29, 1.82) is 0 Å². The Bertz CT molecular complexity index is 1300. The van der Waals surface area contributed by atoms with Crippen LogP contribution in [0.4, 0.5) is 18.9 Å². The van der Waals surface area contributed by atoms with Crippen LogP contribution in [0, 0.1) is 12.8 Å². The summed E-state index contributed by atoms with van der Waals surface area (Å²) in [6, 6.07) is 4.10. The van der Waals surface area contributed by atoms with Crippen LogP contribution in [0.15, 0.2) is 35.4 Å². The van der Waals surface area contributed by atoms with E-state index in [1.807, 2.05) is 0 Å². The van der Waals surface area contributed by atoms with E-state index in [-0.39, 0.29) is 28.4 Å². The minimum Gasteiger partial charge on any atom is -0.341 e. The number of piperidine rings is 1. The zero-order chi connectivity index (χ0) is 24.6. The number of aromatic nitrogens is 2. The molecule has 2 amide bonds. The van der Waals surface area contributed by atoms with E-state index in [0.29, 0.717) is 29.4 Å². The topological polar surface area (TPSA) is 84.3 Å². The largest absolute Gasteiger partial charge is 0.416 e. The third-order valence-corrected chi connectivity index (χ3v) is 7.11. The second kappa shape index (κ2) is 9.21. The smallest absolute Gasteiger partial charge is 0.341 e. The summed E-state index contributed by atoms with van der Waals surface area (Å²) < 4.78 is 39.5. The van der Waals surface area contributed by atoms with Crippen molar-refractivity contribution < 1.29 is 22.8 Å². The van der Waals surface area contributed by atoms with E-state index < -0.39 is 23.2 Å². The molecular formula is C23H23F3N4O3S. The highest BCUT2D eigenvalue weighted by Crippen LogP contribution is 2.31. The lowest BCUT2D eigenvalue weighted by Gasteiger charge is -2.31. The van der Waals surface area contributed by atoms with Crippen LogP contribution in [0.2, 0.25) is 0 Å². The number of alkyl halides is 3. The van der Waals surface area contributed by atoms with Gasteiger partial charge in [0, 0.05) is 18.8 Å². The molecule has 3 aromatic rings. The van der Waals surface area contributed by atoms with E-state index in [0.717, 1.165) is 36.3 Å². The minimum absolute atomic E-state index is 0.128. The molecule has 1 N–H and O–H groups in total. The number of benzene rings is 1. The molecule has 34 heavy (non-hydrogen) atoms. The Morgan fingerprint density at radius 3 is 2.59 bits per heavy atom. The van der Waals surface area contributed by atoms with E-state index in [9.17, 15) is 27.6 Å². The van der Waals surface area contributed by atoms with Crippen molar-refractivity contribution in [2.45, 2.75) is 39.4 Å². The Balaban J connectivity index is 1.55. The van der Waals surface area contributed by atoms with Crippen molar-refractivity contribution >= 4 is 39.1 Å². The minimum atomic E-state index is -4.47. The van der Waals surface area contributed by atoms with Gasteiger partial charge < -0.3 is 10.2 Å². The SMILES string of the molecule is Cc1c(C(=O)Nc2ccc(C(F)(F)F)cc2)sc2ncn(CC(=O)N3CCC[C@H](C)C3)c(=O)c12. The predicted octanol–water partition coefficient (Wildman–Crippen LogP) is 4.30. The van der Waals surface area contributed by atoms with Crippen LogP contribution in [-0.4, -0.2) is 39.4 Å². The van der Waals surface area contributed by atoms with Gasteiger partial charge in [-0.3, -0.25) is 19.0 Å². The average molecular weight is 493 g/mol. The Morgan fingerprint density at radius 1 is 1.24 bits per heavy atom. The standard InChI is InChI=1S/C23H23F3N4O3S/c1-13-4-3-9-29(10-13)17(31)11-30-12-27-21-18(22(30)33)14(2)19(34-21)20(32)28-16-7-5-15(6-8-16)23(24,25)26/h5-8,12-13H,3-4,9-11H2,1-2H3,(H,28,32)/t13-/m0/s1. The third kappa shape index (κ3) is 4.84. The van der Waals surface area contributed by atoms with Gasteiger partial charge in [-0.05, 0) is 55.5 Å². The van der Waals surface area contributed by atoms with E-state index in [1.165, 1.54) is 23.0 Å². The van der Waals surface area contributed by atoms with Gasteiger partial charge in [0.2, 0.25) is 5.91 Å². The molecule has 4 rings (SSSR count). The van der Waals surface area contributed by atoms with Crippen LogP contribution in [0.1, 0.15) is 40.6 Å². The maximum absolute atomic E-state index is 13.1. The van der Waals surface area contributed by atoms with Crippen LogP contribution in [-0.2, 0) is 17.5 Å². The van der Waals surface area contributed by atoms with Gasteiger partial charge in [-0.25, -0.2) is 4.98 Å². The molecule has 1 saturated heterocycles. The fourth-order valence-corrected chi connectivity index (χ4v) is 5.12. The Labute approximate surface area is 197 Å². The quantitative estimate of drug-likeness (QED) is 0.589. The molecule has 0 spiro atoms. The van der Waals surface area contributed by atoms with Gasteiger partial charge in [0.1, 0.15) is 11.4 Å². The molecule has 0 aliphatic carbocycles. The number of thiophene rings is 1. The van der Waals surface area contributed by atoms with Crippen LogP contribution in [0.5, 0.6) is 0 Å². The molecule has 180 valence electrons. The number of aryl methyl sites for hydroxylation is 1. The van der Waals surface area contributed by atoms with Crippen LogP contribution in [0.25, 0.3) is 10.2 Å². The molecule has 1 aliphatic rings. The number of hydrogen-bond donors (Lipinski definition) is 1. The maximum Gasteiger partial charge on any atom is 0.416 e. The van der Waals surface area contributed by atoms with Crippen LogP contribution < -0.4 is 10.9 Å². The summed E-state index contributed by atoms with van der Waals surface area (Å²) in [6.07, 6.45) is -1.16. The Kier molecular flexibility index (Phi) is 6.48. The summed E-state index contributed by atoms with van der Waals surface area (Å²) in [5.74, 6) is -0.285. The average Bonchev–Trinajstić information content (AvgIpc) is 3.12. The Hall–Kier alpha value is -3.21. The molecule has 1 aromatic carbocycles. The first-order chi connectivity index (χ1) is 16.0. The Morgan fingerprint density at radius 2 is 1.94 bits per heavy atom. The molecule has 0 radical (unpaired) electrons. The lowest BCUT2D eigenvalue weighted by molar-refractivity contribution is -0.137. The number of hydrogen-bond acceptors (Lipinski definition) is 5. The number of likely N-dealkylation sites (tertiary alicyclic amines) is 1. The molecule has 0 saturated carbocycles. The second-order valence-corrected chi connectivity index (χ2v) is 9.53. The molecule has 11 heteroatoms. The molecular weight excluding hydrogens is 469 g/mol.